The van der Waals surface area contributed by atoms with E-state index >= 15 is 0 Å². The predicted molar refractivity (Wildman–Crippen MR) is 107 cm³/mol. The highest BCUT2D eigenvalue weighted by atomic mass is 79.9. The first-order valence-corrected chi connectivity index (χ1v) is 9.78. The van der Waals surface area contributed by atoms with Gasteiger partial charge in [-0.1, -0.05) is 18.2 Å². The van der Waals surface area contributed by atoms with E-state index in [9.17, 15) is 9.59 Å². The van der Waals surface area contributed by atoms with E-state index < -0.39 is 0 Å². The van der Waals surface area contributed by atoms with Crippen molar-refractivity contribution in [1.29, 1.82) is 0 Å². The smallest absolute Gasteiger partial charge is 0.324 e. The van der Waals surface area contributed by atoms with E-state index in [0.717, 1.165) is 8.66 Å². The summed E-state index contributed by atoms with van der Waals surface area (Å²) in [7, 11) is 0. The number of benzene rings is 1. The molecule has 0 fully saturated rings. The molecule has 3 aromatic rings. The first-order valence-electron chi connectivity index (χ1n) is 7.35. The topological polar surface area (TPSA) is 70.2 Å². The fourth-order valence-electron chi connectivity index (χ4n) is 2.02. The van der Waals surface area contributed by atoms with Gasteiger partial charge in [-0.2, -0.15) is 0 Å². The van der Waals surface area contributed by atoms with Crippen molar-refractivity contribution in [3.05, 3.63) is 68.1 Å². The van der Waals surface area contributed by atoms with Gasteiger partial charge in [-0.25, -0.2) is 4.79 Å². The number of amides is 3. The number of hydrogen-bond acceptors (Lipinski definition) is 4. The minimum atomic E-state index is -0.344. The van der Waals surface area contributed by atoms with Crippen molar-refractivity contribution >= 4 is 61.2 Å². The van der Waals surface area contributed by atoms with Crippen molar-refractivity contribution < 1.29 is 9.59 Å². The van der Waals surface area contributed by atoms with Crippen LogP contribution in [0.4, 0.5) is 15.5 Å². The lowest BCUT2D eigenvalue weighted by Gasteiger charge is -2.05. The molecule has 1 aromatic carbocycles. The Hall–Kier alpha value is -2.16. The Morgan fingerprint density at radius 1 is 0.920 bits per heavy atom. The molecule has 2 aromatic heterocycles. The Morgan fingerprint density at radius 3 is 2.44 bits per heavy atom. The van der Waals surface area contributed by atoms with Crippen molar-refractivity contribution in [2.75, 3.05) is 10.6 Å². The molecule has 0 unspecified atom stereocenters. The second-order valence-corrected chi connectivity index (χ2v) is 8.63. The average Bonchev–Trinajstić information content (AvgIpc) is 3.22. The van der Waals surface area contributed by atoms with Gasteiger partial charge in [0.1, 0.15) is 0 Å². The Morgan fingerprint density at radius 2 is 1.72 bits per heavy atom. The Kier molecular flexibility index (Phi) is 5.85. The summed E-state index contributed by atoms with van der Waals surface area (Å²) in [5.41, 5.74) is 0.705. The van der Waals surface area contributed by atoms with Gasteiger partial charge in [0, 0.05) is 10.6 Å². The van der Waals surface area contributed by atoms with Crippen LogP contribution >= 0.6 is 38.6 Å². The van der Waals surface area contributed by atoms with Gasteiger partial charge in [-0.3, -0.25) is 10.1 Å². The van der Waals surface area contributed by atoms with Crippen molar-refractivity contribution in [3.63, 3.8) is 0 Å². The lowest BCUT2D eigenvalue weighted by molar-refractivity contribution is 0.0955. The van der Waals surface area contributed by atoms with E-state index in [0.29, 0.717) is 22.1 Å². The summed E-state index contributed by atoms with van der Waals surface area (Å²) < 4.78 is 1.03. The second-order valence-electron chi connectivity index (χ2n) is 5.00. The van der Waals surface area contributed by atoms with Gasteiger partial charge < -0.3 is 10.6 Å². The van der Waals surface area contributed by atoms with E-state index in [1.54, 1.807) is 35.6 Å². The van der Waals surface area contributed by atoms with Gasteiger partial charge >= 0.3 is 6.03 Å². The van der Waals surface area contributed by atoms with E-state index in [1.165, 1.54) is 11.3 Å². The van der Waals surface area contributed by atoms with Crippen LogP contribution in [-0.4, -0.2) is 11.9 Å². The molecule has 0 aliphatic rings. The molecule has 0 bridgehead atoms. The number of nitrogens with one attached hydrogen (secondary N) is 3. The third-order valence-corrected chi connectivity index (χ3v) is 5.77. The number of anilines is 2. The lowest BCUT2D eigenvalue weighted by atomic mass is 10.3. The van der Waals surface area contributed by atoms with E-state index in [1.807, 2.05) is 30.3 Å². The molecule has 0 saturated carbocycles. The first kappa shape index (κ1) is 17.7. The number of carbonyl (C=O) groups is 2. The van der Waals surface area contributed by atoms with Crippen LogP contribution < -0.4 is 16.0 Å². The van der Waals surface area contributed by atoms with Gasteiger partial charge in [0.15, 0.2) is 0 Å². The number of hydrogen-bond donors (Lipinski definition) is 3. The third kappa shape index (κ3) is 5.15. The molecule has 0 saturated heterocycles. The molecule has 0 aliphatic carbocycles. The molecule has 8 heteroatoms. The van der Waals surface area contributed by atoms with Crippen molar-refractivity contribution in [1.82, 2.24) is 5.32 Å². The monoisotopic (exact) mass is 435 g/mol. The Bertz CT molecular complexity index is 877. The van der Waals surface area contributed by atoms with Crippen LogP contribution in [0.25, 0.3) is 0 Å². The molecule has 3 amide bonds. The largest absolute Gasteiger partial charge is 0.346 e. The van der Waals surface area contributed by atoms with Gasteiger partial charge in [-0.15, -0.1) is 22.7 Å². The normalized spacial score (nSPS) is 10.3. The molecule has 3 rings (SSSR count). The summed E-state index contributed by atoms with van der Waals surface area (Å²) in [5, 5.41) is 8.93. The number of para-hydroxylation sites is 1. The molecule has 0 radical (unpaired) electrons. The molecule has 0 atom stereocenters. The van der Waals surface area contributed by atoms with Crippen LogP contribution in [0.3, 0.4) is 0 Å². The molecule has 2 heterocycles. The quantitative estimate of drug-likeness (QED) is 0.518. The minimum Gasteiger partial charge on any atom is -0.346 e. The number of carbonyl (C=O) groups excluding carboxylic acids is 2. The van der Waals surface area contributed by atoms with E-state index in [2.05, 4.69) is 31.9 Å². The number of halogens is 1. The summed E-state index contributed by atoms with van der Waals surface area (Å²) >= 11 is 6.21. The fraction of sp³-hybridized carbons (Fsp3) is 0.0588. The zero-order valence-corrected chi connectivity index (χ0v) is 16.1. The molecule has 3 N–H and O–H groups in total. The molecule has 5 nitrogen and oxygen atoms in total. The maximum absolute atomic E-state index is 12.2. The maximum Gasteiger partial charge on any atom is 0.324 e. The minimum absolute atomic E-state index is 0.161. The predicted octanol–water partition coefficient (Wildman–Crippen LogP) is 5.15. The summed E-state index contributed by atoms with van der Waals surface area (Å²) in [4.78, 5) is 25.7. The van der Waals surface area contributed by atoms with Crippen LogP contribution in [0.15, 0.2) is 58.4 Å². The first-order chi connectivity index (χ1) is 12.1. The summed E-state index contributed by atoms with van der Waals surface area (Å²) in [6.07, 6.45) is 0. The van der Waals surface area contributed by atoms with Gasteiger partial charge in [-0.05, 0) is 52.3 Å². The van der Waals surface area contributed by atoms with E-state index in [-0.39, 0.29) is 11.9 Å². The highest BCUT2D eigenvalue weighted by Crippen LogP contribution is 2.24. The van der Waals surface area contributed by atoms with E-state index in [4.69, 9.17) is 0 Å². The highest BCUT2D eigenvalue weighted by molar-refractivity contribution is 9.11. The fourth-order valence-corrected chi connectivity index (χ4v) is 4.26. The zero-order chi connectivity index (χ0) is 17.6. The maximum atomic E-state index is 12.2. The van der Waals surface area contributed by atoms with Crippen LogP contribution in [0.5, 0.6) is 0 Å². The highest BCUT2D eigenvalue weighted by Gasteiger charge is 2.11. The van der Waals surface area contributed by atoms with Crippen LogP contribution in [0.2, 0.25) is 0 Å². The molecule has 25 heavy (non-hydrogen) atoms. The molecular formula is C17H14BrN3O2S2. The molecule has 0 spiro atoms. The summed E-state index contributed by atoms with van der Waals surface area (Å²) in [5.74, 6) is -0.161. The number of urea groups is 1. The summed E-state index contributed by atoms with van der Waals surface area (Å²) in [6, 6.07) is 16.1. The molecule has 0 aliphatic heterocycles. The average molecular weight is 436 g/mol. The van der Waals surface area contributed by atoms with Gasteiger partial charge in [0.05, 0.1) is 20.2 Å². The van der Waals surface area contributed by atoms with Crippen LogP contribution in [0.1, 0.15) is 14.5 Å². The van der Waals surface area contributed by atoms with Gasteiger partial charge in [0.2, 0.25) is 0 Å². The van der Waals surface area contributed by atoms with Gasteiger partial charge in [0.25, 0.3) is 5.91 Å². The number of rotatable bonds is 5. The van der Waals surface area contributed by atoms with Crippen LogP contribution in [-0.2, 0) is 6.54 Å². The number of thiophene rings is 2. The Balaban J connectivity index is 1.52. The third-order valence-electron chi connectivity index (χ3n) is 3.15. The van der Waals surface area contributed by atoms with Crippen molar-refractivity contribution in [2.45, 2.75) is 6.54 Å². The molecule has 128 valence electrons. The Labute approximate surface area is 161 Å². The zero-order valence-electron chi connectivity index (χ0n) is 12.9. The second kappa shape index (κ2) is 8.28. The SMILES string of the molecule is O=C(Nc1ccccc1)Nc1ccc(C(=O)NCc2ccc(Br)s2)s1. The van der Waals surface area contributed by atoms with Crippen LogP contribution in [0, 0.1) is 0 Å². The summed E-state index contributed by atoms with van der Waals surface area (Å²) in [6.45, 7) is 0.476. The molecular weight excluding hydrogens is 422 g/mol. The standard InChI is InChI=1S/C17H14BrN3O2S2/c18-14-8-6-12(24-14)10-19-16(22)13-7-9-15(25-13)21-17(23)20-11-4-2-1-3-5-11/h1-9H,10H2,(H,19,22)(H2,20,21,23). The lowest BCUT2D eigenvalue weighted by Crippen LogP contribution is -2.21. The van der Waals surface area contributed by atoms with Crippen molar-refractivity contribution in [2.24, 2.45) is 0 Å². The van der Waals surface area contributed by atoms with Crippen molar-refractivity contribution in [3.8, 4) is 0 Å².